The molecule has 1 fully saturated rings. The second-order valence-electron chi connectivity index (χ2n) is 5.79. The molecule has 1 amide bonds. The van der Waals surface area contributed by atoms with Crippen LogP contribution in [0, 0.1) is 11.7 Å². The lowest BCUT2D eigenvalue weighted by atomic mass is 9.93. The summed E-state index contributed by atoms with van der Waals surface area (Å²) in [6.07, 6.45) is 4.74. The van der Waals surface area contributed by atoms with Gasteiger partial charge in [-0.3, -0.25) is 4.79 Å². The number of piperidine rings is 1. The number of amides is 1. The summed E-state index contributed by atoms with van der Waals surface area (Å²) in [5.41, 5.74) is 5.59. The monoisotopic (exact) mass is 302 g/mol. The minimum absolute atomic E-state index is 0.258. The van der Waals surface area contributed by atoms with Crippen LogP contribution in [0.3, 0.4) is 0 Å². The minimum atomic E-state index is -0.330. The van der Waals surface area contributed by atoms with E-state index in [0.717, 1.165) is 43.6 Å². The fraction of sp³-hybridized carbons (Fsp3) is 0.438. The molecule has 3 rings (SSSR count). The molecule has 22 heavy (non-hydrogen) atoms. The smallest absolute Gasteiger partial charge is 0.217 e. The molecule has 0 radical (unpaired) electrons. The predicted molar refractivity (Wildman–Crippen MR) is 82.9 cm³/mol. The summed E-state index contributed by atoms with van der Waals surface area (Å²) in [6, 6.07) is 4.94. The molecule has 2 heterocycles. The third kappa shape index (κ3) is 3.00. The Bertz CT molecular complexity index is 691. The quantitative estimate of drug-likeness (QED) is 0.940. The van der Waals surface area contributed by atoms with Gasteiger partial charge in [0.15, 0.2) is 0 Å². The number of anilines is 1. The highest BCUT2D eigenvalue weighted by atomic mass is 19.1. The fourth-order valence-corrected chi connectivity index (χ4v) is 3.13. The average molecular weight is 302 g/mol. The normalized spacial score (nSPS) is 18.6. The summed E-state index contributed by atoms with van der Waals surface area (Å²) in [6.45, 7) is 1.70. The van der Waals surface area contributed by atoms with Crippen molar-refractivity contribution >= 4 is 22.6 Å². The van der Waals surface area contributed by atoms with Crippen LogP contribution in [0.1, 0.15) is 25.7 Å². The number of primary amides is 1. The molecule has 1 aliphatic heterocycles. The van der Waals surface area contributed by atoms with Gasteiger partial charge >= 0.3 is 0 Å². The van der Waals surface area contributed by atoms with Crippen LogP contribution in [0.25, 0.3) is 10.9 Å². The number of hydrogen-bond acceptors (Lipinski definition) is 4. The van der Waals surface area contributed by atoms with E-state index in [1.165, 1.54) is 12.4 Å². The molecule has 1 aliphatic rings. The molecular weight excluding hydrogens is 283 g/mol. The molecule has 1 saturated heterocycles. The van der Waals surface area contributed by atoms with Gasteiger partial charge in [0, 0.05) is 24.9 Å². The molecule has 1 aromatic heterocycles. The molecule has 1 unspecified atom stereocenters. The topological polar surface area (TPSA) is 72.1 Å². The number of fused-ring (bicyclic) bond motifs is 1. The zero-order valence-electron chi connectivity index (χ0n) is 12.3. The maximum absolute atomic E-state index is 13.9. The molecular formula is C16H19FN4O. The lowest BCUT2D eigenvalue weighted by molar-refractivity contribution is -0.118. The number of nitrogens with zero attached hydrogens (tertiary/aromatic N) is 3. The number of carbonyl (C=O) groups is 1. The predicted octanol–water partition coefficient (Wildman–Crippen LogP) is 2.25. The zero-order chi connectivity index (χ0) is 15.5. The lowest BCUT2D eigenvalue weighted by Gasteiger charge is -2.34. The standard InChI is InChI=1S/C16H19FN4O/c17-13-5-1-4-12-15(13)19-10-20-16(12)21-8-2-3-11(9-21)6-7-14(18)22/h1,4-5,10-11H,2-3,6-9H2,(H2,18,22). The van der Waals surface area contributed by atoms with E-state index in [2.05, 4.69) is 14.9 Å². The molecule has 0 spiro atoms. The maximum Gasteiger partial charge on any atom is 0.217 e. The molecule has 1 atom stereocenters. The minimum Gasteiger partial charge on any atom is -0.370 e. The first-order valence-corrected chi connectivity index (χ1v) is 7.57. The highest BCUT2D eigenvalue weighted by Crippen LogP contribution is 2.29. The van der Waals surface area contributed by atoms with E-state index in [1.807, 2.05) is 6.07 Å². The number of benzene rings is 1. The van der Waals surface area contributed by atoms with Crippen LogP contribution in [0.5, 0.6) is 0 Å². The van der Waals surface area contributed by atoms with Crippen LogP contribution in [-0.4, -0.2) is 29.0 Å². The van der Waals surface area contributed by atoms with E-state index < -0.39 is 0 Å². The van der Waals surface area contributed by atoms with Crippen molar-refractivity contribution in [3.05, 3.63) is 30.3 Å². The van der Waals surface area contributed by atoms with Gasteiger partial charge in [-0.1, -0.05) is 6.07 Å². The highest BCUT2D eigenvalue weighted by Gasteiger charge is 2.23. The van der Waals surface area contributed by atoms with Gasteiger partial charge in [0.2, 0.25) is 5.91 Å². The fourth-order valence-electron chi connectivity index (χ4n) is 3.13. The number of para-hydroxylation sites is 1. The summed E-state index contributed by atoms with van der Waals surface area (Å²) in [7, 11) is 0. The molecule has 2 aromatic rings. The van der Waals surface area contributed by atoms with Crippen molar-refractivity contribution in [3.63, 3.8) is 0 Å². The number of nitrogens with two attached hydrogens (primary N) is 1. The van der Waals surface area contributed by atoms with E-state index in [0.29, 0.717) is 17.9 Å². The van der Waals surface area contributed by atoms with Crippen LogP contribution in [-0.2, 0) is 4.79 Å². The molecule has 116 valence electrons. The van der Waals surface area contributed by atoms with Crippen molar-refractivity contribution in [2.75, 3.05) is 18.0 Å². The maximum atomic E-state index is 13.9. The van der Waals surface area contributed by atoms with Crippen LogP contribution >= 0.6 is 0 Å². The third-order valence-corrected chi connectivity index (χ3v) is 4.21. The van der Waals surface area contributed by atoms with Crippen molar-refractivity contribution in [2.45, 2.75) is 25.7 Å². The van der Waals surface area contributed by atoms with E-state index in [1.54, 1.807) is 6.07 Å². The lowest BCUT2D eigenvalue weighted by Crippen LogP contribution is -2.36. The van der Waals surface area contributed by atoms with Gasteiger partial charge in [-0.05, 0) is 37.3 Å². The molecule has 0 bridgehead atoms. The van der Waals surface area contributed by atoms with E-state index >= 15 is 0 Å². The summed E-state index contributed by atoms with van der Waals surface area (Å²) in [4.78, 5) is 21.5. The van der Waals surface area contributed by atoms with Gasteiger partial charge in [0.1, 0.15) is 23.5 Å². The van der Waals surface area contributed by atoms with Gasteiger partial charge in [0.05, 0.1) is 0 Å². The van der Waals surface area contributed by atoms with Crippen molar-refractivity contribution in [1.82, 2.24) is 9.97 Å². The molecule has 1 aromatic carbocycles. The Kier molecular flexibility index (Phi) is 4.18. The SMILES string of the molecule is NC(=O)CCC1CCCN(c2ncnc3c(F)cccc23)C1. The van der Waals surface area contributed by atoms with E-state index in [9.17, 15) is 9.18 Å². The first-order valence-electron chi connectivity index (χ1n) is 7.57. The highest BCUT2D eigenvalue weighted by molar-refractivity contribution is 5.89. The largest absolute Gasteiger partial charge is 0.370 e. The van der Waals surface area contributed by atoms with Gasteiger partial charge in [-0.2, -0.15) is 0 Å². The number of halogens is 1. The van der Waals surface area contributed by atoms with Crippen molar-refractivity contribution in [1.29, 1.82) is 0 Å². The zero-order valence-corrected chi connectivity index (χ0v) is 12.3. The number of carbonyl (C=O) groups excluding carboxylic acids is 1. The second-order valence-corrected chi connectivity index (χ2v) is 5.79. The molecule has 2 N–H and O–H groups in total. The van der Waals surface area contributed by atoms with E-state index in [4.69, 9.17) is 5.73 Å². The van der Waals surface area contributed by atoms with Gasteiger partial charge in [0.25, 0.3) is 0 Å². The van der Waals surface area contributed by atoms with Crippen LogP contribution in [0.15, 0.2) is 24.5 Å². The number of rotatable bonds is 4. The Labute approximate surface area is 128 Å². The van der Waals surface area contributed by atoms with Crippen molar-refractivity contribution < 1.29 is 9.18 Å². The summed E-state index contributed by atoms with van der Waals surface area (Å²) in [5.74, 6) is 0.600. The van der Waals surface area contributed by atoms with Gasteiger partial charge in [-0.15, -0.1) is 0 Å². The Hall–Kier alpha value is -2.24. The first kappa shape index (κ1) is 14.7. The average Bonchev–Trinajstić information content (AvgIpc) is 2.53. The van der Waals surface area contributed by atoms with Gasteiger partial charge < -0.3 is 10.6 Å². The van der Waals surface area contributed by atoms with Crippen LogP contribution < -0.4 is 10.6 Å². The Morgan fingerprint density at radius 3 is 3.09 bits per heavy atom. The first-order chi connectivity index (χ1) is 10.6. The molecule has 0 saturated carbocycles. The van der Waals surface area contributed by atoms with Crippen LogP contribution in [0.4, 0.5) is 10.2 Å². The second kappa shape index (κ2) is 6.25. The Balaban J connectivity index is 1.84. The summed E-state index contributed by atoms with van der Waals surface area (Å²) < 4.78 is 13.9. The van der Waals surface area contributed by atoms with E-state index in [-0.39, 0.29) is 11.7 Å². The Morgan fingerprint density at radius 2 is 2.27 bits per heavy atom. The van der Waals surface area contributed by atoms with Crippen molar-refractivity contribution in [2.24, 2.45) is 11.7 Å². The Morgan fingerprint density at radius 1 is 1.41 bits per heavy atom. The van der Waals surface area contributed by atoms with Crippen LogP contribution in [0.2, 0.25) is 0 Å². The molecule has 0 aliphatic carbocycles. The van der Waals surface area contributed by atoms with Gasteiger partial charge in [-0.25, -0.2) is 14.4 Å². The number of aromatic nitrogens is 2. The number of hydrogen-bond donors (Lipinski definition) is 1. The van der Waals surface area contributed by atoms with Crippen molar-refractivity contribution in [3.8, 4) is 0 Å². The third-order valence-electron chi connectivity index (χ3n) is 4.21. The summed E-state index contributed by atoms with van der Waals surface area (Å²) in [5, 5.41) is 0.734. The molecule has 6 heteroatoms. The summed E-state index contributed by atoms with van der Waals surface area (Å²) >= 11 is 0. The molecule has 5 nitrogen and oxygen atoms in total.